The molecule has 6 aromatic heterocycles. The smallest absolute Gasteiger partial charge is 0.0731 e. The molecule has 226 valence electrons. The van der Waals surface area contributed by atoms with E-state index in [0.717, 1.165) is 78.4 Å². The van der Waals surface area contributed by atoms with Crippen LogP contribution in [0.25, 0.3) is 78.4 Å². The summed E-state index contributed by atoms with van der Waals surface area (Å²) in [5.41, 5.74) is 13.8. The molecule has 0 unspecified atom stereocenters. The van der Waals surface area contributed by atoms with Gasteiger partial charge in [-0.2, -0.15) is 0 Å². The number of pyridine rings is 6. The van der Waals surface area contributed by atoms with Crippen LogP contribution < -0.4 is 0 Å². The number of benzene rings is 2. The van der Waals surface area contributed by atoms with Crippen LogP contribution in [0.3, 0.4) is 0 Å². The van der Waals surface area contributed by atoms with Crippen LogP contribution in [0.5, 0.6) is 0 Å². The maximum absolute atomic E-state index is 4.99. The number of rotatable bonds is 7. The lowest BCUT2D eigenvalue weighted by Gasteiger charge is -2.13. The van der Waals surface area contributed by atoms with Crippen LogP contribution in [0.2, 0.25) is 0 Å². The SMILES string of the molecule is c1cc(-c2cccc(-c3cc(-c4cccnc4)nc(-c4cccnc4)c3)c2)cc(-c2cc(-c3cccnc3)nc(-c3cccnc3)c2)c1. The van der Waals surface area contributed by atoms with Gasteiger partial charge in [-0.15, -0.1) is 0 Å². The van der Waals surface area contributed by atoms with Crippen molar-refractivity contribution in [2.75, 3.05) is 0 Å². The highest BCUT2D eigenvalue weighted by Crippen LogP contribution is 2.35. The van der Waals surface area contributed by atoms with Crippen LogP contribution in [-0.4, -0.2) is 29.9 Å². The van der Waals surface area contributed by atoms with Crippen LogP contribution in [-0.2, 0) is 0 Å². The molecule has 0 atom stereocenters. The summed E-state index contributed by atoms with van der Waals surface area (Å²) in [4.78, 5) is 27.3. The van der Waals surface area contributed by atoms with Gasteiger partial charge in [0.05, 0.1) is 22.8 Å². The molecule has 2 aromatic carbocycles. The van der Waals surface area contributed by atoms with Crippen molar-refractivity contribution in [1.29, 1.82) is 0 Å². The highest BCUT2D eigenvalue weighted by molar-refractivity contribution is 5.82. The summed E-state index contributed by atoms with van der Waals surface area (Å²) in [6.45, 7) is 0. The number of hydrogen-bond donors (Lipinski definition) is 0. The lowest BCUT2D eigenvalue weighted by Crippen LogP contribution is -1.93. The minimum Gasteiger partial charge on any atom is -0.264 e. The molecule has 0 radical (unpaired) electrons. The average molecular weight is 617 g/mol. The third-order valence-corrected chi connectivity index (χ3v) is 8.21. The zero-order chi connectivity index (χ0) is 32.1. The van der Waals surface area contributed by atoms with Gasteiger partial charge >= 0.3 is 0 Å². The predicted octanol–water partition coefficient (Wildman–Crippen LogP) is 9.73. The second-order valence-electron chi connectivity index (χ2n) is 11.4. The van der Waals surface area contributed by atoms with Gasteiger partial charge in [-0.3, -0.25) is 19.9 Å². The fraction of sp³-hybridized carbons (Fsp3) is 0. The Kier molecular flexibility index (Phi) is 7.79. The van der Waals surface area contributed by atoms with Crippen LogP contribution in [0.4, 0.5) is 0 Å². The molecule has 0 aliphatic rings. The third-order valence-electron chi connectivity index (χ3n) is 8.21. The summed E-state index contributed by atoms with van der Waals surface area (Å²) in [7, 11) is 0. The Balaban J connectivity index is 1.21. The Morgan fingerprint density at radius 3 is 0.792 bits per heavy atom. The fourth-order valence-corrected chi connectivity index (χ4v) is 5.80. The first-order chi connectivity index (χ1) is 23.8. The summed E-state index contributed by atoms with van der Waals surface area (Å²) in [6.07, 6.45) is 14.5. The molecular formula is C42H28N6. The molecule has 0 N–H and O–H groups in total. The van der Waals surface area contributed by atoms with Crippen molar-refractivity contribution >= 4 is 0 Å². The van der Waals surface area contributed by atoms with Gasteiger partial charge in [0.25, 0.3) is 0 Å². The van der Waals surface area contributed by atoms with Crippen molar-refractivity contribution in [2.24, 2.45) is 0 Å². The molecule has 8 rings (SSSR count). The van der Waals surface area contributed by atoms with E-state index in [0.29, 0.717) is 0 Å². The van der Waals surface area contributed by atoms with Crippen LogP contribution in [0.1, 0.15) is 0 Å². The first kappa shape index (κ1) is 28.8. The highest BCUT2D eigenvalue weighted by Gasteiger charge is 2.13. The van der Waals surface area contributed by atoms with E-state index in [1.807, 2.05) is 73.3 Å². The van der Waals surface area contributed by atoms with E-state index < -0.39 is 0 Å². The summed E-state index contributed by atoms with van der Waals surface area (Å²) in [5.74, 6) is 0. The molecule has 0 aliphatic carbocycles. The largest absolute Gasteiger partial charge is 0.264 e. The molecule has 48 heavy (non-hydrogen) atoms. The number of hydrogen-bond acceptors (Lipinski definition) is 6. The van der Waals surface area contributed by atoms with Crippen molar-refractivity contribution in [3.63, 3.8) is 0 Å². The molecule has 0 bridgehead atoms. The molecule has 0 saturated carbocycles. The minimum atomic E-state index is 0.860. The molecule has 8 aromatic rings. The zero-order valence-corrected chi connectivity index (χ0v) is 25.8. The molecule has 0 fully saturated rings. The Morgan fingerprint density at radius 2 is 0.521 bits per heavy atom. The van der Waals surface area contributed by atoms with Crippen molar-refractivity contribution in [2.45, 2.75) is 0 Å². The van der Waals surface area contributed by atoms with Gasteiger partial charge in [0.15, 0.2) is 0 Å². The number of aromatic nitrogens is 6. The first-order valence-corrected chi connectivity index (χ1v) is 15.6. The molecule has 0 spiro atoms. The molecule has 0 amide bonds. The van der Waals surface area contributed by atoms with E-state index >= 15 is 0 Å². The Hall–Kier alpha value is -6.66. The molecule has 0 aliphatic heterocycles. The minimum absolute atomic E-state index is 0.860. The maximum atomic E-state index is 4.99. The molecule has 0 saturated heterocycles. The van der Waals surface area contributed by atoms with E-state index in [1.54, 1.807) is 24.8 Å². The lowest BCUT2D eigenvalue weighted by atomic mass is 9.94. The Morgan fingerprint density at radius 1 is 0.250 bits per heavy atom. The van der Waals surface area contributed by atoms with E-state index in [2.05, 4.69) is 92.7 Å². The van der Waals surface area contributed by atoms with Gasteiger partial charge < -0.3 is 0 Å². The first-order valence-electron chi connectivity index (χ1n) is 15.6. The monoisotopic (exact) mass is 616 g/mol. The Bertz CT molecular complexity index is 2040. The summed E-state index contributed by atoms with van der Waals surface area (Å²) in [6, 6.07) is 41.7. The highest BCUT2D eigenvalue weighted by atomic mass is 14.7. The lowest BCUT2D eigenvalue weighted by molar-refractivity contribution is 1.26. The van der Waals surface area contributed by atoms with Gasteiger partial charge in [0.2, 0.25) is 0 Å². The topological polar surface area (TPSA) is 77.3 Å². The summed E-state index contributed by atoms with van der Waals surface area (Å²) < 4.78 is 0. The second-order valence-corrected chi connectivity index (χ2v) is 11.4. The summed E-state index contributed by atoms with van der Waals surface area (Å²) in [5, 5.41) is 0. The quantitative estimate of drug-likeness (QED) is 0.177. The normalized spacial score (nSPS) is 10.9. The average Bonchev–Trinajstić information content (AvgIpc) is 3.19. The predicted molar refractivity (Wildman–Crippen MR) is 191 cm³/mol. The van der Waals surface area contributed by atoms with Gasteiger partial charge in [0.1, 0.15) is 0 Å². The third kappa shape index (κ3) is 6.10. The summed E-state index contributed by atoms with van der Waals surface area (Å²) >= 11 is 0. The van der Waals surface area contributed by atoms with Crippen molar-refractivity contribution in [3.05, 3.63) is 171 Å². The fourth-order valence-electron chi connectivity index (χ4n) is 5.80. The Labute approximate surface area is 278 Å². The van der Waals surface area contributed by atoms with E-state index in [1.165, 1.54) is 0 Å². The number of nitrogens with zero attached hydrogens (tertiary/aromatic N) is 6. The zero-order valence-electron chi connectivity index (χ0n) is 25.8. The maximum Gasteiger partial charge on any atom is 0.0731 e. The van der Waals surface area contributed by atoms with E-state index in [9.17, 15) is 0 Å². The molecule has 6 heteroatoms. The molecule has 6 nitrogen and oxygen atoms in total. The standard InChI is InChI=1S/C42H28N6/c1-7-29(19-31(9-1)37-21-39(33-11-3-15-43-25-33)47-40(22-37)34-12-4-16-44-26-34)30-8-2-10-32(20-30)38-23-41(35-13-5-17-45-27-35)48-42(24-38)36-14-6-18-46-28-36/h1-28H. The van der Waals surface area contributed by atoms with Crippen LogP contribution >= 0.6 is 0 Å². The van der Waals surface area contributed by atoms with Crippen molar-refractivity contribution < 1.29 is 0 Å². The van der Waals surface area contributed by atoms with Gasteiger partial charge in [-0.05, 0) is 118 Å². The van der Waals surface area contributed by atoms with Gasteiger partial charge in [-0.1, -0.05) is 36.4 Å². The second kappa shape index (κ2) is 13.0. The van der Waals surface area contributed by atoms with E-state index in [4.69, 9.17) is 9.97 Å². The molecular weight excluding hydrogens is 589 g/mol. The van der Waals surface area contributed by atoms with Crippen LogP contribution in [0, 0.1) is 0 Å². The van der Waals surface area contributed by atoms with Crippen molar-refractivity contribution in [1.82, 2.24) is 29.9 Å². The molecule has 6 heterocycles. The van der Waals surface area contributed by atoms with E-state index in [-0.39, 0.29) is 0 Å². The van der Waals surface area contributed by atoms with Crippen molar-refractivity contribution in [3.8, 4) is 78.4 Å². The van der Waals surface area contributed by atoms with Gasteiger partial charge in [0, 0.05) is 71.8 Å². The van der Waals surface area contributed by atoms with Crippen LogP contribution in [0.15, 0.2) is 171 Å². The van der Waals surface area contributed by atoms with Gasteiger partial charge in [-0.25, -0.2) is 9.97 Å².